The number of aliphatic hydroxyl groups is 1. The first-order chi connectivity index (χ1) is 7.65. The minimum Gasteiger partial charge on any atom is -0.493 e. The number of benzene rings is 1. The average Bonchev–Trinajstić information content (AvgIpc) is 2.26. The molecule has 1 atom stereocenters. The number of aliphatic hydroxyl groups excluding tert-OH is 1. The molecule has 0 saturated carbocycles. The second-order valence-electron chi connectivity index (χ2n) is 3.91. The van der Waals surface area contributed by atoms with Crippen LogP contribution in [0.1, 0.15) is 44.8 Å². The SMILES string of the molecule is CCCCCOc1ccc(Cl)cc1[C@@H](C)O. The molecule has 0 aliphatic heterocycles. The van der Waals surface area contributed by atoms with Crippen LogP contribution < -0.4 is 4.74 Å². The van der Waals surface area contributed by atoms with Crippen LogP contribution in [0.15, 0.2) is 18.2 Å². The van der Waals surface area contributed by atoms with Crippen molar-refractivity contribution in [1.82, 2.24) is 0 Å². The van der Waals surface area contributed by atoms with Crippen LogP contribution in [0.5, 0.6) is 5.75 Å². The highest BCUT2D eigenvalue weighted by Crippen LogP contribution is 2.28. The third kappa shape index (κ3) is 4.03. The molecule has 0 aliphatic carbocycles. The number of rotatable bonds is 6. The maximum absolute atomic E-state index is 9.59. The first kappa shape index (κ1) is 13.3. The predicted octanol–water partition coefficient (Wildman–Crippen LogP) is 3.96. The van der Waals surface area contributed by atoms with E-state index in [0.717, 1.165) is 24.2 Å². The van der Waals surface area contributed by atoms with Crippen molar-refractivity contribution in [3.8, 4) is 5.75 Å². The van der Waals surface area contributed by atoms with Gasteiger partial charge in [-0.25, -0.2) is 0 Å². The Hall–Kier alpha value is -0.730. The zero-order valence-electron chi connectivity index (χ0n) is 9.87. The van der Waals surface area contributed by atoms with E-state index in [1.807, 2.05) is 6.07 Å². The lowest BCUT2D eigenvalue weighted by Crippen LogP contribution is -2.02. The van der Waals surface area contributed by atoms with Gasteiger partial charge in [0.25, 0.3) is 0 Å². The Bertz CT molecular complexity index is 324. The van der Waals surface area contributed by atoms with Gasteiger partial charge in [0.05, 0.1) is 12.7 Å². The third-order valence-electron chi connectivity index (χ3n) is 2.43. The monoisotopic (exact) mass is 242 g/mol. The van der Waals surface area contributed by atoms with Crippen LogP contribution >= 0.6 is 11.6 Å². The second-order valence-corrected chi connectivity index (χ2v) is 4.35. The summed E-state index contributed by atoms with van der Waals surface area (Å²) in [6.07, 6.45) is 2.82. The molecule has 3 heteroatoms. The van der Waals surface area contributed by atoms with E-state index in [9.17, 15) is 5.11 Å². The molecule has 2 nitrogen and oxygen atoms in total. The summed E-state index contributed by atoms with van der Waals surface area (Å²) in [5, 5.41) is 10.2. The van der Waals surface area contributed by atoms with Crippen molar-refractivity contribution < 1.29 is 9.84 Å². The van der Waals surface area contributed by atoms with E-state index in [4.69, 9.17) is 16.3 Å². The molecule has 0 aliphatic rings. The normalized spacial score (nSPS) is 12.5. The molecular weight excluding hydrogens is 224 g/mol. The van der Waals surface area contributed by atoms with E-state index in [0.29, 0.717) is 11.6 Å². The van der Waals surface area contributed by atoms with Crippen LogP contribution in [-0.4, -0.2) is 11.7 Å². The van der Waals surface area contributed by atoms with Gasteiger partial charge >= 0.3 is 0 Å². The number of halogens is 1. The molecule has 0 fully saturated rings. The first-order valence-electron chi connectivity index (χ1n) is 5.75. The Morgan fingerprint density at radius 2 is 2.12 bits per heavy atom. The molecule has 0 aromatic heterocycles. The van der Waals surface area contributed by atoms with Gasteiger partial charge in [-0.2, -0.15) is 0 Å². The van der Waals surface area contributed by atoms with Crippen LogP contribution in [0.25, 0.3) is 0 Å². The van der Waals surface area contributed by atoms with E-state index >= 15 is 0 Å². The van der Waals surface area contributed by atoms with Crippen LogP contribution in [0.4, 0.5) is 0 Å². The van der Waals surface area contributed by atoms with Gasteiger partial charge in [-0.1, -0.05) is 31.4 Å². The molecule has 0 saturated heterocycles. The van der Waals surface area contributed by atoms with Crippen LogP contribution in [0, 0.1) is 0 Å². The van der Waals surface area contributed by atoms with Gasteiger partial charge in [-0.05, 0) is 31.5 Å². The third-order valence-corrected chi connectivity index (χ3v) is 2.66. The lowest BCUT2D eigenvalue weighted by molar-refractivity contribution is 0.190. The van der Waals surface area contributed by atoms with Crippen molar-refractivity contribution >= 4 is 11.6 Å². The summed E-state index contributed by atoms with van der Waals surface area (Å²) in [5.41, 5.74) is 0.754. The number of hydrogen-bond donors (Lipinski definition) is 1. The fourth-order valence-corrected chi connectivity index (χ4v) is 1.69. The number of unbranched alkanes of at least 4 members (excludes halogenated alkanes) is 2. The molecule has 90 valence electrons. The Labute approximate surface area is 102 Å². The molecule has 0 bridgehead atoms. The molecular formula is C13H19ClO2. The van der Waals surface area contributed by atoms with E-state index in [-0.39, 0.29) is 0 Å². The van der Waals surface area contributed by atoms with E-state index in [1.54, 1.807) is 19.1 Å². The largest absolute Gasteiger partial charge is 0.493 e. The van der Waals surface area contributed by atoms with Crippen molar-refractivity contribution in [3.05, 3.63) is 28.8 Å². The standard InChI is InChI=1S/C13H19ClO2/c1-3-4-5-8-16-13-7-6-11(14)9-12(13)10(2)15/h6-7,9-10,15H,3-5,8H2,1-2H3/t10-/m1/s1. The van der Waals surface area contributed by atoms with Gasteiger partial charge in [-0.15, -0.1) is 0 Å². The molecule has 1 rings (SSSR count). The quantitative estimate of drug-likeness (QED) is 0.765. The molecule has 1 N–H and O–H groups in total. The van der Waals surface area contributed by atoms with Crippen molar-refractivity contribution in [2.75, 3.05) is 6.61 Å². The molecule has 1 aromatic rings. The number of ether oxygens (including phenoxy) is 1. The zero-order valence-corrected chi connectivity index (χ0v) is 10.6. The lowest BCUT2D eigenvalue weighted by atomic mass is 10.1. The van der Waals surface area contributed by atoms with Crippen molar-refractivity contribution in [2.24, 2.45) is 0 Å². The second kappa shape index (κ2) is 6.77. The highest BCUT2D eigenvalue weighted by molar-refractivity contribution is 6.30. The smallest absolute Gasteiger partial charge is 0.125 e. The van der Waals surface area contributed by atoms with Crippen molar-refractivity contribution in [3.63, 3.8) is 0 Å². The van der Waals surface area contributed by atoms with Crippen LogP contribution in [-0.2, 0) is 0 Å². The highest BCUT2D eigenvalue weighted by Gasteiger charge is 2.09. The minimum absolute atomic E-state index is 0.556. The molecule has 0 heterocycles. The molecule has 16 heavy (non-hydrogen) atoms. The zero-order chi connectivity index (χ0) is 12.0. The van der Waals surface area contributed by atoms with Crippen LogP contribution in [0.2, 0.25) is 5.02 Å². The Balaban J connectivity index is 2.64. The molecule has 1 aromatic carbocycles. The average molecular weight is 243 g/mol. The lowest BCUT2D eigenvalue weighted by Gasteiger charge is -2.13. The summed E-state index contributed by atoms with van der Waals surface area (Å²) < 4.78 is 5.64. The molecule has 0 radical (unpaired) electrons. The summed E-state index contributed by atoms with van der Waals surface area (Å²) in [6.45, 7) is 4.56. The highest BCUT2D eigenvalue weighted by atomic mass is 35.5. The maximum atomic E-state index is 9.59. The molecule has 0 spiro atoms. The van der Waals surface area contributed by atoms with Gasteiger partial charge in [0, 0.05) is 10.6 Å². The minimum atomic E-state index is -0.556. The molecule has 0 unspecified atom stereocenters. The van der Waals surface area contributed by atoms with Gasteiger partial charge < -0.3 is 9.84 Å². The van der Waals surface area contributed by atoms with Gasteiger partial charge in [-0.3, -0.25) is 0 Å². The fraction of sp³-hybridized carbons (Fsp3) is 0.538. The van der Waals surface area contributed by atoms with Gasteiger partial charge in [0.2, 0.25) is 0 Å². The first-order valence-corrected chi connectivity index (χ1v) is 6.13. The Kier molecular flexibility index (Phi) is 5.64. The topological polar surface area (TPSA) is 29.5 Å². The van der Waals surface area contributed by atoms with E-state index in [2.05, 4.69) is 6.92 Å². The fourth-order valence-electron chi connectivity index (χ4n) is 1.51. The van der Waals surface area contributed by atoms with Gasteiger partial charge in [0.1, 0.15) is 5.75 Å². The van der Waals surface area contributed by atoms with Crippen molar-refractivity contribution in [2.45, 2.75) is 39.2 Å². The Morgan fingerprint density at radius 3 is 2.75 bits per heavy atom. The van der Waals surface area contributed by atoms with Gasteiger partial charge in [0.15, 0.2) is 0 Å². The maximum Gasteiger partial charge on any atom is 0.125 e. The summed E-state index contributed by atoms with van der Waals surface area (Å²) in [6, 6.07) is 5.35. The summed E-state index contributed by atoms with van der Waals surface area (Å²) in [4.78, 5) is 0. The van der Waals surface area contributed by atoms with Crippen molar-refractivity contribution in [1.29, 1.82) is 0 Å². The summed E-state index contributed by atoms with van der Waals surface area (Å²) in [7, 11) is 0. The Morgan fingerprint density at radius 1 is 1.38 bits per heavy atom. The van der Waals surface area contributed by atoms with Crippen LogP contribution in [0.3, 0.4) is 0 Å². The van der Waals surface area contributed by atoms with E-state index in [1.165, 1.54) is 6.42 Å². The number of hydrogen-bond acceptors (Lipinski definition) is 2. The predicted molar refractivity (Wildman–Crippen MR) is 67.1 cm³/mol. The summed E-state index contributed by atoms with van der Waals surface area (Å²) in [5.74, 6) is 0.732. The summed E-state index contributed by atoms with van der Waals surface area (Å²) >= 11 is 5.88. The molecule has 0 amide bonds. The van der Waals surface area contributed by atoms with E-state index < -0.39 is 6.10 Å².